The summed E-state index contributed by atoms with van der Waals surface area (Å²) in [5.74, 6) is -0.279. The van der Waals surface area contributed by atoms with Crippen molar-refractivity contribution in [3.8, 4) is 0 Å². The van der Waals surface area contributed by atoms with Crippen molar-refractivity contribution in [3.63, 3.8) is 0 Å². The molecule has 0 aliphatic heterocycles. The van der Waals surface area contributed by atoms with Gasteiger partial charge in [0.25, 0.3) is 5.91 Å². The third kappa shape index (κ3) is 4.10. The average Bonchev–Trinajstić information content (AvgIpc) is 2.49. The monoisotopic (exact) mass is 444 g/mol. The highest BCUT2D eigenvalue weighted by Crippen LogP contribution is 2.23. The number of rotatable bonds is 4. The predicted octanol–water partition coefficient (Wildman–Crippen LogP) is 3.10. The molecule has 122 valence electrons. The first-order valence-corrected chi connectivity index (χ1v) is 9.34. The number of hydrogen-bond donors (Lipinski definition) is 1. The molecule has 2 aromatic rings. The van der Waals surface area contributed by atoms with Crippen LogP contribution in [-0.4, -0.2) is 32.7 Å². The van der Waals surface area contributed by atoms with E-state index in [1.54, 1.807) is 31.2 Å². The molecule has 0 spiro atoms. The van der Waals surface area contributed by atoms with Crippen molar-refractivity contribution < 1.29 is 13.2 Å². The van der Waals surface area contributed by atoms with Crippen LogP contribution in [0.4, 0.5) is 5.69 Å². The summed E-state index contributed by atoms with van der Waals surface area (Å²) in [5, 5.41) is 2.73. The van der Waals surface area contributed by atoms with Crippen LogP contribution in [-0.2, 0) is 10.0 Å². The maximum atomic E-state index is 12.3. The number of carbonyl (C=O) groups excluding carboxylic acids is 1. The van der Waals surface area contributed by atoms with E-state index in [9.17, 15) is 13.2 Å². The maximum absolute atomic E-state index is 12.3. The lowest BCUT2D eigenvalue weighted by Crippen LogP contribution is -2.23. The molecule has 2 aromatic carbocycles. The van der Waals surface area contributed by atoms with E-state index in [0.29, 0.717) is 16.8 Å². The Hall–Kier alpha value is -1.45. The molecule has 2 rings (SSSR count). The van der Waals surface area contributed by atoms with E-state index in [-0.39, 0.29) is 10.8 Å². The molecule has 0 aliphatic rings. The summed E-state index contributed by atoms with van der Waals surface area (Å²) in [4.78, 5) is 12.4. The van der Waals surface area contributed by atoms with Gasteiger partial charge in [-0.15, -0.1) is 0 Å². The van der Waals surface area contributed by atoms with Crippen LogP contribution in [0.15, 0.2) is 47.4 Å². The lowest BCUT2D eigenvalue weighted by Gasteiger charge is -2.15. The summed E-state index contributed by atoms with van der Waals surface area (Å²) in [5.41, 5.74) is 1.59. The Morgan fingerprint density at radius 2 is 1.70 bits per heavy atom. The van der Waals surface area contributed by atoms with Crippen LogP contribution < -0.4 is 5.32 Å². The highest BCUT2D eigenvalue weighted by atomic mass is 127. The van der Waals surface area contributed by atoms with Crippen LogP contribution in [0.5, 0.6) is 0 Å². The first-order chi connectivity index (χ1) is 10.7. The molecule has 23 heavy (non-hydrogen) atoms. The Balaban J connectivity index is 2.31. The molecule has 0 bridgehead atoms. The summed E-state index contributed by atoms with van der Waals surface area (Å²) in [7, 11) is -0.599. The summed E-state index contributed by atoms with van der Waals surface area (Å²) in [6, 6.07) is 12.0. The van der Waals surface area contributed by atoms with E-state index in [1.165, 1.54) is 20.2 Å². The number of anilines is 1. The van der Waals surface area contributed by atoms with Crippen LogP contribution in [0.1, 0.15) is 15.9 Å². The molecule has 0 heterocycles. The Labute approximate surface area is 149 Å². The van der Waals surface area contributed by atoms with Crippen LogP contribution in [0.2, 0.25) is 0 Å². The van der Waals surface area contributed by atoms with Gasteiger partial charge in [0.15, 0.2) is 0 Å². The molecule has 1 amide bonds. The maximum Gasteiger partial charge on any atom is 0.255 e. The van der Waals surface area contributed by atoms with Gasteiger partial charge in [-0.2, -0.15) is 0 Å². The van der Waals surface area contributed by atoms with Crippen molar-refractivity contribution in [1.82, 2.24) is 4.31 Å². The average molecular weight is 444 g/mol. The molecular weight excluding hydrogens is 427 g/mol. The van der Waals surface area contributed by atoms with E-state index in [0.717, 1.165) is 7.88 Å². The van der Waals surface area contributed by atoms with Gasteiger partial charge < -0.3 is 5.32 Å². The fourth-order valence-electron chi connectivity index (χ4n) is 1.96. The van der Waals surface area contributed by atoms with Gasteiger partial charge >= 0.3 is 0 Å². The fourth-order valence-corrected chi connectivity index (χ4v) is 3.46. The Morgan fingerprint density at radius 3 is 2.26 bits per heavy atom. The molecule has 0 saturated carbocycles. The molecule has 0 unspecified atom stereocenters. The Morgan fingerprint density at radius 1 is 1.09 bits per heavy atom. The zero-order valence-electron chi connectivity index (χ0n) is 13.0. The van der Waals surface area contributed by atoms with Crippen molar-refractivity contribution in [3.05, 3.63) is 57.2 Å². The second-order valence-electron chi connectivity index (χ2n) is 5.23. The van der Waals surface area contributed by atoms with E-state index < -0.39 is 10.0 Å². The van der Waals surface area contributed by atoms with Crippen LogP contribution in [0.25, 0.3) is 0 Å². The predicted molar refractivity (Wildman–Crippen MR) is 99.2 cm³/mol. The highest BCUT2D eigenvalue weighted by Gasteiger charge is 2.20. The molecular formula is C16H17IN2O3S. The molecule has 0 atom stereocenters. The highest BCUT2D eigenvalue weighted by molar-refractivity contribution is 14.1. The number of benzene rings is 2. The first kappa shape index (κ1) is 17.9. The standard InChI is InChI=1S/C16H17IN2O3S/c1-11-4-9-14(10-15(11)23(21,22)19(2)3)18-16(20)12-5-7-13(17)8-6-12/h4-10H,1-3H3,(H,18,20). The number of nitrogens with one attached hydrogen (secondary N) is 1. The smallest absolute Gasteiger partial charge is 0.255 e. The second-order valence-corrected chi connectivity index (χ2v) is 8.59. The van der Waals surface area contributed by atoms with Crippen molar-refractivity contribution in [2.24, 2.45) is 0 Å². The molecule has 0 aliphatic carbocycles. The summed E-state index contributed by atoms with van der Waals surface area (Å²) in [6.07, 6.45) is 0. The van der Waals surface area contributed by atoms with Gasteiger partial charge in [0.1, 0.15) is 0 Å². The second kappa shape index (κ2) is 6.98. The van der Waals surface area contributed by atoms with Crippen LogP contribution in [0, 0.1) is 10.5 Å². The van der Waals surface area contributed by atoms with Gasteiger partial charge in [0.05, 0.1) is 4.90 Å². The van der Waals surface area contributed by atoms with E-state index >= 15 is 0 Å². The molecule has 0 radical (unpaired) electrons. The van der Waals surface area contributed by atoms with Crippen LogP contribution >= 0.6 is 22.6 Å². The van der Waals surface area contributed by atoms with Crippen molar-refractivity contribution in [1.29, 1.82) is 0 Å². The molecule has 7 heteroatoms. The number of carbonyl (C=O) groups is 1. The van der Waals surface area contributed by atoms with Crippen molar-refractivity contribution in [2.75, 3.05) is 19.4 Å². The van der Waals surface area contributed by atoms with Gasteiger partial charge in [-0.3, -0.25) is 4.79 Å². The zero-order valence-corrected chi connectivity index (χ0v) is 16.0. The number of halogens is 1. The number of hydrogen-bond acceptors (Lipinski definition) is 3. The number of amides is 1. The van der Waals surface area contributed by atoms with Gasteiger partial charge in [-0.25, -0.2) is 12.7 Å². The number of nitrogens with zero attached hydrogens (tertiary/aromatic N) is 1. The summed E-state index contributed by atoms with van der Waals surface area (Å²) in [6.45, 7) is 1.72. The zero-order chi connectivity index (χ0) is 17.2. The molecule has 0 saturated heterocycles. The molecule has 0 fully saturated rings. The molecule has 5 nitrogen and oxygen atoms in total. The van der Waals surface area contributed by atoms with Gasteiger partial charge in [-0.05, 0) is 71.5 Å². The van der Waals surface area contributed by atoms with Crippen molar-refractivity contribution in [2.45, 2.75) is 11.8 Å². The number of aryl methyl sites for hydroxylation is 1. The minimum absolute atomic E-state index is 0.183. The van der Waals surface area contributed by atoms with Gasteiger partial charge in [0, 0.05) is 28.9 Å². The minimum Gasteiger partial charge on any atom is -0.322 e. The fraction of sp³-hybridized carbons (Fsp3) is 0.188. The minimum atomic E-state index is -3.56. The van der Waals surface area contributed by atoms with E-state index in [4.69, 9.17) is 0 Å². The molecule has 1 N–H and O–H groups in total. The third-order valence-corrected chi connectivity index (χ3v) is 5.99. The van der Waals surface area contributed by atoms with E-state index in [1.807, 2.05) is 12.1 Å². The Kier molecular flexibility index (Phi) is 5.43. The number of sulfonamides is 1. The lowest BCUT2D eigenvalue weighted by molar-refractivity contribution is 0.102. The van der Waals surface area contributed by atoms with Crippen molar-refractivity contribution >= 4 is 44.2 Å². The van der Waals surface area contributed by atoms with Crippen LogP contribution in [0.3, 0.4) is 0 Å². The van der Waals surface area contributed by atoms with Gasteiger partial charge in [0.2, 0.25) is 10.0 Å². The van der Waals surface area contributed by atoms with E-state index in [2.05, 4.69) is 27.9 Å². The molecule has 0 aromatic heterocycles. The first-order valence-electron chi connectivity index (χ1n) is 6.82. The summed E-state index contributed by atoms with van der Waals surface area (Å²) < 4.78 is 26.8. The Bertz CT molecular complexity index is 831. The van der Waals surface area contributed by atoms with Gasteiger partial charge in [-0.1, -0.05) is 6.07 Å². The topological polar surface area (TPSA) is 66.5 Å². The quantitative estimate of drug-likeness (QED) is 0.738. The summed E-state index contributed by atoms with van der Waals surface area (Å²) >= 11 is 2.16. The normalized spacial score (nSPS) is 11.5. The third-order valence-electron chi connectivity index (χ3n) is 3.31. The SMILES string of the molecule is Cc1ccc(NC(=O)c2ccc(I)cc2)cc1S(=O)(=O)N(C)C. The largest absolute Gasteiger partial charge is 0.322 e. The lowest BCUT2D eigenvalue weighted by atomic mass is 10.2.